The van der Waals surface area contributed by atoms with Crippen molar-refractivity contribution in [3.63, 3.8) is 0 Å². The first-order chi connectivity index (χ1) is 17.7. The lowest BCUT2D eigenvalue weighted by Gasteiger charge is -2.21. The summed E-state index contributed by atoms with van der Waals surface area (Å²) in [6.45, 7) is 0.370. The summed E-state index contributed by atoms with van der Waals surface area (Å²) in [5.74, 6) is -4.10. The summed E-state index contributed by atoms with van der Waals surface area (Å²) in [5, 5.41) is 22.7. The number of aliphatic carboxylic acids is 2. The lowest BCUT2D eigenvalue weighted by Crippen LogP contribution is -2.41. The minimum atomic E-state index is -1.34. The first-order valence-corrected chi connectivity index (χ1v) is 11.9. The van der Waals surface area contributed by atoms with E-state index in [1.54, 1.807) is 6.07 Å². The van der Waals surface area contributed by atoms with Gasteiger partial charge in [0.2, 0.25) is 11.8 Å². The second-order valence-corrected chi connectivity index (χ2v) is 9.00. The Morgan fingerprint density at radius 2 is 1.89 bits per heavy atom. The zero-order chi connectivity index (χ0) is 26.7. The quantitative estimate of drug-likeness (QED) is 0.268. The smallest absolute Gasteiger partial charge is 0.326 e. The highest BCUT2D eigenvalue weighted by molar-refractivity contribution is 6.10. The van der Waals surface area contributed by atoms with Gasteiger partial charge < -0.3 is 31.1 Å². The first-order valence-electron chi connectivity index (χ1n) is 11.9. The molecule has 3 amide bonds. The second kappa shape index (κ2) is 10.6. The molecule has 0 spiro atoms. The third kappa shape index (κ3) is 5.52. The third-order valence-electron chi connectivity index (χ3n) is 6.52. The van der Waals surface area contributed by atoms with Gasteiger partial charge in [-0.2, -0.15) is 0 Å². The number of nitrogens with one attached hydrogen (secondary N) is 2. The fraction of sp³-hybridized carbons (Fsp3) is 0.360. The van der Waals surface area contributed by atoms with Crippen LogP contribution in [0.25, 0.3) is 21.8 Å². The number of hydrogen-bond donors (Lipinski definition) is 5. The number of hydrogen-bond acceptors (Lipinski definition) is 6. The van der Waals surface area contributed by atoms with Crippen LogP contribution in [-0.2, 0) is 25.6 Å². The predicted octanol–water partition coefficient (Wildman–Crippen LogP) is 1.17. The molecule has 4 rings (SSSR count). The maximum absolute atomic E-state index is 13.0. The summed E-state index contributed by atoms with van der Waals surface area (Å²) < 4.78 is 0. The van der Waals surface area contributed by atoms with Gasteiger partial charge in [0, 0.05) is 42.1 Å². The Kier molecular flexibility index (Phi) is 7.37. The molecule has 2 atom stereocenters. The van der Waals surface area contributed by atoms with E-state index in [0.717, 1.165) is 10.9 Å². The maximum atomic E-state index is 13.0. The molecular formula is C25H27N5O7. The molecular weight excluding hydrogens is 482 g/mol. The van der Waals surface area contributed by atoms with Crippen molar-refractivity contribution in [2.75, 3.05) is 6.54 Å². The highest BCUT2D eigenvalue weighted by Crippen LogP contribution is 2.29. The Morgan fingerprint density at radius 3 is 2.59 bits per heavy atom. The number of carboxylic acids is 2. The SMILES string of the molecule is NC(=O)CCC(NC(=O)c1cc2c([nH]c3ccccc32)c(CCC(=O)N2CCCC2C(=O)O)n1)C(=O)O. The van der Waals surface area contributed by atoms with Gasteiger partial charge in [0.15, 0.2) is 0 Å². The molecule has 12 nitrogen and oxygen atoms in total. The molecule has 0 saturated carbocycles. The van der Waals surface area contributed by atoms with Gasteiger partial charge in [0.1, 0.15) is 17.8 Å². The number of amides is 3. The van der Waals surface area contributed by atoms with Crippen LogP contribution in [0.1, 0.15) is 48.3 Å². The second-order valence-electron chi connectivity index (χ2n) is 9.00. The topological polar surface area (TPSA) is 196 Å². The number of carbonyl (C=O) groups is 5. The molecule has 2 unspecified atom stereocenters. The molecule has 194 valence electrons. The van der Waals surface area contributed by atoms with Crippen LogP contribution in [-0.4, -0.2) is 73.4 Å². The number of likely N-dealkylation sites (tertiary alicyclic amines) is 1. The number of nitrogens with two attached hydrogens (primary N) is 1. The van der Waals surface area contributed by atoms with Gasteiger partial charge in [0.25, 0.3) is 5.91 Å². The van der Waals surface area contributed by atoms with Crippen molar-refractivity contribution < 1.29 is 34.2 Å². The molecule has 37 heavy (non-hydrogen) atoms. The number of aromatic nitrogens is 2. The minimum Gasteiger partial charge on any atom is -0.480 e. The lowest BCUT2D eigenvalue weighted by atomic mass is 10.1. The Hall–Kier alpha value is -4.48. The van der Waals surface area contributed by atoms with Crippen molar-refractivity contribution in [3.8, 4) is 0 Å². The van der Waals surface area contributed by atoms with Gasteiger partial charge in [-0.3, -0.25) is 14.4 Å². The Morgan fingerprint density at radius 1 is 1.14 bits per heavy atom. The zero-order valence-electron chi connectivity index (χ0n) is 19.9. The van der Waals surface area contributed by atoms with Gasteiger partial charge in [-0.15, -0.1) is 0 Å². The summed E-state index contributed by atoms with van der Waals surface area (Å²) in [6.07, 6.45) is 0.755. The average molecular weight is 510 g/mol. The number of rotatable bonds is 10. The van der Waals surface area contributed by atoms with E-state index in [0.29, 0.717) is 36.0 Å². The molecule has 0 radical (unpaired) electrons. The molecule has 0 bridgehead atoms. The van der Waals surface area contributed by atoms with Crippen LogP contribution in [0.15, 0.2) is 30.3 Å². The minimum absolute atomic E-state index is 0.0112. The van der Waals surface area contributed by atoms with Crippen molar-refractivity contribution in [1.82, 2.24) is 20.2 Å². The lowest BCUT2D eigenvalue weighted by molar-refractivity contribution is -0.148. The molecule has 3 heterocycles. The number of nitrogens with zero attached hydrogens (tertiary/aromatic N) is 2. The van der Waals surface area contributed by atoms with Crippen molar-refractivity contribution >= 4 is 51.5 Å². The fourth-order valence-electron chi connectivity index (χ4n) is 4.68. The highest BCUT2D eigenvalue weighted by atomic mass is 16.4. The normalized spacial score (nSPS) is 16.1. The maximum Gasteiger partial charge on any atom is 0.326 e. The standard InChI is InChI=1S/C25H27N5O7/c26-20(31)9-7-17(24(34)35)29-23(33)18-12-14-13-4-1-2-5-15(13)28-22(14)16(27-18)8-10-21(32)30-11-3-6-19(30)25(36)37/h1-2,4-5,12,17,19,28H,3,6-11H2,(H2,26,31)(H,29,33)(H,34,35)(H,36,37). The summed E-state index contributed by atoms with van der Waals surface area (Å²) in [7, 11) is 0. The van der Waals surface area contributed by atoms with E-state index in [1.807, 2.05) is 24.3 Å². The molecule has 1 aliphatic heterocycles. The van der Waals surface area contributed by atoms with Crippen LogP contribution in [0.5, 0.6) is 0 Å². The largest absolute Gasteiger partial charge is 0.480 e. The monoisotopic (exact) mass is 509 g/mol. The molecule has 1 aliphatic rings. The molecule has 0 aliphatic carbocycles. The van der Waals surface area contributed by atoms with E-state index in [4.69, 9.17) is 5.73 Å². The predicted molar refractivity (Wildman–Crippen MR) is 132 cm³/mol. The molecule has 2 aromatic heterocycles. The van der Waals surface area contributed by atoms with Crippen molar-refractivity contribution in [1.29, 1.82) is 0 Å². The number of benzene rings is 1. The van der Waals surface area contributed by atoms with Gasteiger partial charge in [-0.25, -0.2) is 14.6 Å². The van der Waals surface area contributed by atoms with E-state index in [1.165, 1.54) is 4.90 Å². The number of carbonyl (C=O) groups excluding carboxylic acids is 3. The first kappa shape index (κ1) is 25.6. The molecule has 1 fully saturated rings. The van der Waals surface area contributed by atoms with E-state index in [9.17, 15) is 34.2 Å². The molecule has 12 heteroatoms. The van der Waals surface area contributed by atoms with Crippen molar-refractivity contribution in [2.45, 2.75) is 50.6 Å². The number of pyridine rings is 1. The van der Waals surface area contributed by atoms with Gasteiger partial charge in [-0.1, -0.05) is 18.2 Å². The molecule has 6 N–H and O–H groups in total. The number of aryl methyl sites for hydroxylation is 1. The Bertz CT molecular complexity index is 1400. The number of para-hydroxylation sites is 1. The van der Waals surface area contributed by atoms with E-state index >= 15 is 0 Å². The Balaban J connectivity index is 1.64. The summed E-state index contributed by atoms with van der Waals surface area (Å²) >= 11 is 0. The molecule has 1 aromatic carbocycles. The summed E-state index contributed by atoms with van der Waals surface area (Å²) in [5.41, 5.74) is 6.90. The highest BCUT2D eigenvalue weighted by Gasteiger charge is 2.33. The van der Waals surface area contributed by atoms with Crippen molar-refractivity contribution in [3.05, 3.63) is 41.7 Å². The van der Waals surface area contributed by atoms with E-state index in [2.05, 4.69) is 15.3 Å². The van der Waals surface area contributed by atoms with Crippen LogP contribution in [0.4, 0.5) is 0 Å². The number of fused-ring (bicyclic) bond motifs is 3. The summed E-state index contributed by atoms with van der Waals surface area (Å²) in [4.78, 5) is 69.1. The van der Waals surface area contributed by atoms with E-state index in [-0.39, 0.29) is 37.3 Å². The number of aromatic amines is 1. The summed E-state index contributed by atoms with van der Waals surface area (Å²) in [6, 6.07) is 6.76. The van der Waals surface area contributed by atoms with Gasteiger partial charge in [-0.05, 0) is 31.4 Å². The van der Waals surface area contributed by atoms with Gasteiger partial charge in [0.05, 0.1) is 11.2 Å². The number of H-pyrrole nitrogens is 1. The Labute approximate surface area is 210 Å². The molecule has 3 aromatic rings. The number of carboxylic acid groups (broad SMARTS) is 2. The van der Waals surface area contributed by atoms with Crippen LogP contribution < -0.4 is 11.1 Å². The number of primary amides is 1. The van der Waals surface area contributed by atoms with Crippen LogP contribution in [0.3, 0.4) is 0 Å². The van der Waals surface area contributed by atoms with Crippen LogP contribution >= 0.6 is 0 Å². The third-order valence-corrected chi connectivity index (χ3v) is 6.52. The fourth-order valence-corrected chi connectivity index (χ4v) is 4.68. The zero-order valence-corrected chi connectivity index (χ0v) is 19.9. The van der Waals surface area contributed by atoms with Crippen molar-refractivity contribution in [2.24, 2.45) is 5.73 Å². The van der Waals surface area contributed by atoms with Crippen LogP contribution in [0, 0.1) is 0 Å². The van der Waals surface area contributed by atoms with Gasteiger partial charge >= 0.3 is 11.9 Å². The average Bonchev–Trinajstić information content (AvgIpc) is 3.50. The van der Waals surface area contributed by atoms with E-state index < -0.39 is 35.8 Å². The molecule has 1 saturated heterocycles. The van der Waals surface area contributed by atoms with Crippen LogP contribution in [0.2, 0.25) is 0 Å².